The molecule has 0 radical (unpaired) electrons. The first-order valence-corrected chi connectivity index (χ1v) is 9.01. The Morgan fingerprint density at radius 2 is 1.58 bits per heavy atom. The highest BCUT2D eigenvalue weighted by molar-refractivity contribution is 6.30. The van der Waals surface area contributed by atoms with Crippen LogP contribution in [0.25, 0.3) is 5.70 Å². The van der Waals surface area contributed by atoms with E-state index < -0.39 is 0 Å². The van der Waals surface area contributed by atoms with Gasteiger partial charge >= 0.3 is 0 Å². The molecule has 26 heavy (non-hydrogen) atoms. The van der Waals surface area contributed by atoms with E-state index in [2.05, 4.69) is 40.8 Å². The fourth-order valence-electron chi connectivity index (χ4n) is 3.57. The zero-order valence-corrected chi connectivity index (χ0v) is 14.7. The first-order valence-electron chi connectivity index (χ1n) is 8.63. The Labute approximate surface area is 157 Å². The number of hydrogen-bond acceptors (Lipinski definition) is 3. The highest BCUT2D eigenvalue weighted by Crippen LogP contribution is 2.45. The largest absolute Gasteiger partial charge is 0.469 e. The molecule has 2 heterocycles. The van der Waals surface area contributed by atoms with E-state index in [1.807, 2.05) is 54.6 Å². The highest BCUT2D eigenvalue weighted by atomic mass is 35.5. The molecule has 0 aromatic heterocycles. The van der Waals surface area contributed by atoms with Crippen LogP contribution >= 0.6 is 11.6 Å². The van der Waals surface area contributed by atoms with Crippen molar-refractivity contribution in [3.8, 4) is 5.75 Å². The van der Waals surface area contributed by atoms with E-state index in [0.29, 0.717) is 0 Å². The molecule has 3 aromatic rings. The van der Waals surface area contributed by atoms with Crippen molar-refractivity contribution in [3.05, 3.63) is 107 Å². The van der Waals surface area contributed by atoms with Gasteiger partial charge < -0.3 is 10.2 Å². The van der Waals surface area contributed by atoms with Gasteiger partial charge in [-0.15, -0.1) is 0 Å². The standard InChI is InChI=1S/C22H17ClN2O/c23-17-12-10-15(11-13-17)19-14-20-18-8-4-5-9-21(18)26-22(25(20)24-19)16-6-2-1-3-7-16/h1-14,20,22,24H/t20-,22-/m1/s1. The predicted octanol–water partition coefficient (Wildman–Crippen LogP) is 5.33. The van der Waals surface area contributed by atoms with Gasteiger partial charge in [0.1, 0.15) is 5.75 Å². The van der Waals surface area contributed by atoms with Crippen LogP contribution in [0.1, 0.15) is 29.0 Å². The molecule has 4 heteroatoms. The lowest BCUT2D eigenvalue weighted by molar-refractivity contribution is -0.0326. The third kappa shape index (κ3) is 2.57. The summed E-state index contributed by atoms with van der Waals surface area (Å²) in [5.74, 6) is 0.929. The fraction of sp³-hybridized carbons (Fsp3) is 0.0909. The van der Waals surface area contributed by atoms with Crippen molar-refractivity contribution in [1.29, 1.82) is 0 Å². The monoisotopic (exact) mass is 360 g/mol. The summed E-state index contributed by atoms with van der Waals surface area (Å²) in [5, 5.41) is 2.91. The Balaban J connectivity index is 1.58. The maximum atomic E-state index is 6.34. The average molecular weight is 361 g/mol. The average Bonchev–Trinajstić information content (AvgIpc) is 3.14. The molecule has 0 fully saturated rings. The molecule has 2 aliphatic heterocycles. The molecule has 0 unspecified atom stereocenters. The third-order valence-corrected chi connectivity index (χ3v) is 5.09. The number of hydrazine groups is 1. The number of nitrogens with zero attached hydrogens (tertiary/aromatic N) is 1. The van der Waals surface area contributed by atoms with Gasteiger partial charge in [-0.3, -0.25) is 0 Å². The van der Waals surface area contributed by atoms with Gasteiger partial charge in [-0.25, -0.2) is 0 Å². The Morgan fingerprint density at radius 1 is 0.846 bits per heavy atom. The first-order chi connectivity index (χ1) is 12.8. The summed E-state index contributed by atoms with van der Waals surface area (Å²) in [6, 6.07) is 26.5. The van der Waals surface area contributed by atoms with Gasteiger partial charge in [-0.2, -0.15) is 5.01 Å². The second kappa shape index (κ2) is 6.20. The molecule has 5 rings (SSSR count). The van der Waals surface area contributed by atoms with E-state index in [1.165, 1.54) is 0 Å². The quantitative estimate of drug-likeness (QED) is 0.668. The molecule has 3 nitrogen and oxygen atoms in total. The van der Waals surface area contributed by atoms with Gasteiger partial charge in [0.25, 0.3) is 0 Å². The van der Waals surface area contributed by atoms with Crippen LogP contribution in [-0.4, -0.2) is 5.01 Å². The van der Waals surface area contributed by atoms with Crippen molar-refractivity contribution in [2.75, 3.05) is 0 Å². The minimum Gasteiger partial charge on any atom is -0.469 e. The lowest BCUT2D eigenvalue weighted by Crippen LogP contribution is -2.43. The number of para-hydroxylation sites is 1. The molecular formula is C22H17ClN2O. The summed E-state index contributed by atoms with van der Waals surface area (Å²) in [5.41, 5.74) is 7.99. The van der Waals surface area contributed by atoms with Gasteiger partial charge in [0.15, 0.2) is 6.23 Å². The molecule has 0 spiro atoms. The lowest BCUT2D eigenvalue weighted by Gasteiger charge is -2.38. The zero-order valence-electron chi connectivity index (χ0n) is 14.0. The molecule has 0 aliphatic carbocycles. The van der Waals surface area contributed by atoms with Crippen LogP contribution in [0.15, 0.2) is 84.9 Å². The molecule has 128 valence electrons. The van der Waals surface area contributed by atoms with Crippen LogP contribution in [0, 0.1) is 0 Å². The predicted molar refractivity (Wildman–Crippen MR) is 103 cm³/mol. The van der Waals surface area contributed by atoms with Crippen LogP contribution in [-0.2, 0) is 0 Å². The van der Waals surface area contributed by atoms with Crippen molar-refractivity contribution < 1.29 is 4.74 Å². The third-order valence-electron chi connectivity index (χ3n) is 4.84. The summed E-state index contributed by atoms with van der Waals surface area (Å²) < 4.78 is 6.34. The number of rotatable bonds is 2. The van der Waals surface area contributed by atoms with Gasteiger partial charge in [0.05, 0.1) is 11.7 Å². The second-order valence-corrected chi connectivity index (χ2v) is 6.91. The van der Waals surface area contributed by atoms with Gasteiger partial charge in [-0.05, 0) is 29.8 Å². The van der Waals surface area contributed by atoms with Crippen molar-refractivity contribution in [3.63, 3.8) is 0 Å². The molecule has 0 saturated heterocycles. The summed E-state index contributed by atoms with van der Waals surface area (Å²) in [7, 11) is 0. The summed E-state index contributed by atoms with van der Waals surface area (Å²) in [4.78, 5) is 0. The first kappa shape index (κ1) is 15.5. The number of fused-ring (bicyclic) bond motifs is 3. The molecule has 2 aliphatic rings. The molecule has 0 saturated carbocycles. The Kier molecular flexibility index (Phi) is 3.70. The summed E-state index contributed by atoms with van der Waals surface area (Å²) >= 11 is 6.04. The Morgan fingerprint density at radius 3 is 2.38 bits per heavy atom. The van der Waals surface area contributed by atoms with E-state index in [1.54, 1.807) is 0 Å². The van der Waals surface area contributed by atoms with Crippen LogP contribution in [0.3, 0.4) is 0 Å². The zero-order chi connectivity index (χ0) is 17.5. The Hall–Kier alpha value is -2.75. The van der Waals surface area contributed by atoms with Crippen molar-refractivity contribution in [1.82, 2.24) is 10.4 Å². The second-order valence-electron chi connectivity index (χ2n) is 6.47. The molecule has 0 bridgehead atoms. The van der Waals surface area contributed by atoms with Gasteiger partial charge in [-0.1, -0.05) is 72.3 Å². The SMILES string of the molecule is Clc1ccc(C2=C[C@@H]3c4ccccc4O[C@H](c4ccccc4)N3N2)cc1. The minimum absolute atomic E-state index is 0.107. The lowest BCUT2D eigenvalue weighted by atomic mass is 10.0. The number of ether oxygens (including phenoxy) is 1. The van der Waals surface area contributed by atoms with Crippen LogP contribution in [0.5, 0.6) is 5.75 Å². The molecule has 1 N–H and O–H groups in total. The highest BCUT2D eigenvalue weighted by Gasteiger charge is 2.39. The van der Waals surface area contributed by atoms with Crippen LogP contribution in [0.2, 0.25) is 5.02 Å². The van der Waals surface area contributed by atoms with E-state index >= 15 is 0 Å². The summed E-state index contributed by atoms with van der Waals surface area (Å²) in [6.07, 6.45) is 2.05. The maximum absolute atomic E-state index is 6.34. The van der Waals surface area contributed by atoms with E-state index in [0.717, 1.165) is 33.2 Å². The molecule has 2 atom stereocenters. The maximum Gasteiger partial charge on any atom is 0.195 e. The Bertz CT molecular complexity index is 969. The van der Waals surface area contributed by atoms with E-state index in [9.17, 15) is 0 Å². The number of halogens is 1. The summed E-state index contributed by atoms with van der Waals surface area (Å²) in [6.45, 7) is 0. The van der Waals surface area contributed by atoms with Crippen LogP contribution in [0.4, 0.5) is 0 Å². The topological polar surface area (TPSA) is 24.5 Å². The van der Waals surface area contributed by atoms with E-state index in [-0.39, 0.29) is 12.3 Å². The molecule has 3 aromatic carbocycles. The van der Waals surface area contributed by atoms with Crippen molar-refractivity contribution >= 4 is 17.3 Å². The van der Waals surface area contributed by atoms with Gasteiger partial charge in [0, 0.05) is 16.1 Å². The fourth-order valence-corrected chi connectivity index (χ4v) is 3.70. The normalized spacial score (nSPS) is 21.2. The van der Waals surface area contributed by atoms with Crippen molar-refractivity contribution in [2.24, 2.45) is 0 Å². The van der Waals surface area contributed by atoms with Gasteiger partial charge in [0.2, 0.25) is 0 Å². The molecule has 0 amide bonds. The van der Waals surface area contributed by atoms with E-state index in [4.69, 9.17) is 16.3 Å². The minimum atomic E-state index is -0.197. The van der Waals surface area contributed by atoms with Crippen molar-refractivity contribution in [2.45, 2.75) is 12.3 Å². The smallest absolute Gasteiger partial charge is 0.195 e. The number of nitrogens with one attached hydrogen (secondary N) is 1. The number of benzene rings is 3. The van der Waals surface area contributed by atoms with Crippen LogP contribution < -0.4 is 10.2 Å². The molecular weight excluding hydrogens is 344 g/mol. The number of hydrogen-bond donors (Lipinski definition) is 1.